The highest BCUT2D eigenvalue weighted by atomic mass is 19.4. The van der Waals surface area contributed by atoms with Gasteiger partial charge in [0.05, 0.1) is 5.69 Å². The molecule has 16 heteroatoms. The quantitative estimate of drug-likeness (QED) is 0.124. The highest BCUT2D eigenvalue weighted by molar-refractivity contribution is 5.97. The van der Waals surface area contributed by atoms with Gasteiger partial charge >= 0.3 is 12.3 Å². The minimum absolute atomic E-state index is 0.0800. The summed E-state index contributed by atoms with van der Waals surface area (Å²) in [7, 11) is 0. The van der Waals surface area contributed by atoms with Gasteiger partial charge in [-0.25, -0.2) is 13.7 Å². The molecule has 1 aliphatic heterocycles. The number of nitrogens with zero attached hydrogens (tertiary/aromatic N) is 4. The molecule has 1 unspecified atom stereocenters. The molecule has 1 atom stereocenters. The van der Waals surface area contributed by atoms with E-state index >= 15 is 0 Å². The number of halogens is 4. The van der Waals surface area contributed by atoms with E-state index < -0.39 is 42.2 Å². The average molecular weight is 748 g/mol. The number of alkyl carbamates (subject to hydrolysis) is 1. The number of fused-ring (bicyclic) bond motifs is 1. The Morgan fingerprint density at radius 1 is 0.889 bits per heavy atom. The zero-order valence-electron chi connectivity index (χ0n) is 29.5. The van der Waals surface area contributed by atoms with Gasteiger partial charge in [-0.15, -0.1) is 5.10 Å². The van der Waals surface area contributed by atoms with E-state index in [9.17, 15) is 31.9 Å². The molecule has 0 bridgehead atoms. The molecular formula is C38H37F4N7O5. The molecule has 3 N–H and O–H groups in total. The Balaban J connectivity index is 1.17. The molecule has 3 amide bonds. The van der Waals surface area contributed by atoms with Crippen molar-refractivity contribution in [2.24, 2.45) is 0 Å². The third-order valence-electron chi connectivity index (χ3n) is 8.20. The van der Waals surface area contributed by atoms with Crippen molar-refractivity contribution in [2.45, 2.75) is 51.4 Å². The summed E-state index contributed by atoms with van der Waals surface area (Å²) in [6, 6.07) is 18.6. The first kappa shape index (κ1) is 37.6. The largest absolute Gasteiger partial charge is 0.482 e. The zero-order chi connectivity index (χ0) is 38.6. The Labute approximate surface area is 307 Å². The van der Waals surface area contributed by atoms with Gasteiger partial charge in [-0.2, -0.15) is 18.2 Å². The van der Waals surface area contributed by atoms with E-state index in [0.717, 1.165) is 24.0 Å². The fraction of sp³-hybridized carbons (Fsp3) is 0.289. The van der Waals surface area contributed by atoms with Crippen molar-refractivity contribution in [1.82, 2.24) is 24.8 Å². The van der Waals surface area contributed by atoms with Crippen molar-refractivity contribution in [3.8, 4) is 16.9 Å². The summed E-state index contributed by atoms with van der Waals surface area (Å²) in [5.74, 6) is -1.45. The minimum Gasteiger partial charge on any atom is -0.482 e. The smallest absolute Gasteiger partial charge is 0.422 e. The van der Waals surface area contributed by atoms with Gasteiger partial charge in [0.15, 0.2) is 12.3 Å². The summed E-state index contributed by atoms with van der Waals surface area (Å²) in [5.41, 5.74) is 2.24. The summed E-state index contributed by atoms with van der Waals surface area (Å²) >= 11 is 0. The molecule has 0 saturated carbocycles. The van der Waals surface area contributed by atoms with Crippen molar-refractivity contribution in [2.75, 3.05) is 30.3 Å². The predicted molar refractivity (Wildman–Crippen MR) is 192 cm³/mol. The fourth-order valence-electron chi connectivity index (χ4n) is 5.71. The Hall–Kier alpha value is -6.19. The van der Waals surface area contributed by atoms with Gasteiger partial charge < -0.3 is 30.3 Å². The lowest BCUT2D eigenvalue weighted by Gasteiger charge is -2.23. The van der Waals surface area contributed by atoms with Gasteiger partial charge in [-0.1, -0.05) is 24.3 Å². The SMILES string of the molecule is CC(C)(C)OC(=O)NC(C(=O)Nc1ccc(-c2ccc3nc(Nc4ccc(C(=O)N5CCCC5)cc4OCC(F)(F)F)nn3c2)cc1)c1ccc(F)cc1. The van der Waals surface area contributed by atoms with Gasteiger partial charge in [0.25, 0.3) is 11.8 Å². The lowest BCUT2D eigenvalue weighted by molar-refractivity contribution is -0.153. The first-order valence-electron chi connectivity index (χ1n) is 17.0. The van der Waals surface area contributed by atoms with E-state index in [1.807, 2.05) is 0 Å². The lowest BCUT2D eigenvalue weighted by atomic mass is 10.1. The number of likely N-dealkylation sites (tertiary alicyclic amines) is 1. The first-order chi connectivity index (χ1) is 25.6. The third-order valence-corrected chi connectivity index (χ3v) is 8.20. The number of anilines is 3. The van der Waals surface area contributed by atoms with Crippen LogP contribution in [-0.4, -0.2) is 68.9 Å². The second-order valence-electron chi connectivity index (χ2n) is 13.6. The Bertz CT molecular complexity index is 2140. The number of carbonyl (C=O) groups excluding carboxylic acids is 3. The molecule has 6 rings (SSSR count). The maximum absolute atomic E-state index is 13.6. The van der Waals surface area contributed by atoms with Crippen LogP contribution in [0.4, 0.5) is 39.7 Å². The molecule has 282 valence electrons. The van der Waals surface area contributed by atoms with Crippen LogP contribution in [-0.2, 0) is 9.53 Å². The number of amides is 3. The van der Waals surface area contributed by atoms with Crippen LogP contribution in [0, 0.1) is 5.82 Å². The van der Waals surface area contributed by atoms with Gasteiger partial charge in [-0.3, -0.25) is 9.59 Å². The van der Waals surface area contributed by atoms with E-state index in [1.54, 1.807) is 68.3 Å². The number of alkyl halides is 3. The Morgan fingerprint density at radius 2 is 1.57 bits per heavy atom. The molecule has 0 aliphatic carbocycles. The van der Waals surface area contributed by atoms with E-state index in [0.29, 0.717) is 30.0 Å². The average Bonchev–Trinajstić information content (AvgIpc) is 3.80. The summed E-state index contributed by atoms with van der Waals surface area (Å²) in [4.78, 5) is 44.9. The van der Waals surface area contributed by atoms with Crippen LogP contribution in [0.3, 0.4) is 0 Å². The molecule has 54 heavy (non-hydrogen) atoms. The number of aromatic nitrogens is 3. The molecule has 3 heterocycles. The van der Waals surface area contributed by atoms with E-state index in [-0.39, 0.29) is 28.9 Å². The molecule has 2 aromatic heterocycles. The second kappa shape index (κ2) is 15.4. The molecule has 1 aliphatic rings. The summed E-state index contributed by atoms with van der Waals surface area (Å²) in [6.07, 6.45) is -1.98. The molecule has 5 aromatic rings. The molecule has 3 aromatic carbocycles. The van der Waals surface area contributed by atoms with Crippen molar-refractivity contribution in [3.63, 3.8) is 0 Å². The van der Waals surface area contributed by atoms with Crippen molar-refractivity contribution in [1.29, 1.82) is 0 Å². The zero-order valence-corrected chi connectivity index (χ0v) is 29.5. The van der Waals surface area contributed by atoms with E-state index in [1.165, 1.54) is 47.0 Å². The maximum atomic E-state index is 13.6. The standard InChI is InChI=1S/C38H37F4N7O5/c1-37(2,3)54-36(52)46-32(24-6-12-27(39)13-7-24)33(50)43-28-14-8-23(9-15-28)26-11-17-31-45-35(47-49(31)21-26)44-29-16-10-25(34(51)48-18-4-5-19-48)20-30(29)53-22-38(40,41)42/h6-17,20-21,32H,4-5,18-19,22H2,1-3H3,(H,43,50)(H,44,47)(H,46,52). The third kappa shape index (κ3) is 9.61. The van der Waals surface area contributed by atoms with Crippen LogP contribution < -0.4 is 20.7 Å². The summed E-state index contributed by atoms with van der Waals surface area (Å²) < 4.78 is 64.8. The van der Waals surface area contributed by atoms with E-state index in [4.69, 9.17) is 9.47 Å². The van der Waals surface area contributed by atoms with Crippen LogP contribution >= 0.6 is 0 Å². The van der Waals surface area contributed by atoms with Crippen molar-refractivity contribution in [3.05, 3.63) is 102 Å². The number of benzene rings is 3. The van der Waals surface area contributed by atoms with E-state index in [2.05, 4.69) is 26.0 Å². The monoisotopic (exact) mass is 747 g/mol. The topological polar surface area (TPSA) is 139 Å². The van der Waals surface area contributed by atoms with Crippen LogP contribution in [0.25, 0.3) is 16.8 Å². The number of hydrogen-bond donors (Lipinski definition) is 3. The normalized spacial score (nSPS) is 13.7. The molecule has 0 spiro atoms. The Morgan fingerprint density at radius 3 is 2.24 bits per heavy atom. The van der Waals surface area contributed by atoms with Crippen molar-refractivity contribution >= 4 is 40.9 Å². The fourth-order valence-corrected chi connectivity index (χ4v) is 5.71. The molecule has 1 fully saturated rings. The molecule has 1 saturated heterocycles. The number of carbonyl (C=O) groups is 3. The number of hydrogen-bond acceptors (Lipinski definition) is 8. The first-order valence-corrected chi connectivity index (χ1v) is 17.0. The predicted octanol–water partition coefficient (Wildman–Crippen LogP) is 7.66. The number of nitrogens with one attached hydrogen (secondary N) is 3. The Kier molecular flexibility index (Phi) is 10.7. The summed E-state index contributed by atoms with van der Waals surface area (Å²) in [6.45, 7) is 4.68. The van der Waals surface area contributed by atoms with Crippen LogP contribution in [0.15, 0.2) is 85.1 Å². The lowest BCUT2D eigenvalue weighted by Crippen LogP contribution is -2.40. The highest BCUT2D eigenvalue weighted by Crippen LogP contribution is 2.31. The summed E-state index contributed by atoms with van der Waals surface area (Å²) in [5, 5.41) is 12.7. The molecular weight excluding hydrogens is 710 g/mol. The second-order valence-corrected chi connectivity index (χ2v) is 13.6. The molecule has 12 nitrogen and oxygen atoms in total. The van der Waals surface area contributed by atoms with Crippen molar-refractivity contribution < 1.29 is 41.4 Å². The van der Waals surface area contributed by atoms with Gasteiger partial charge in [0, 0.05) is 36.1 Å². The van der Waals surface area contributed by atoms with Gasteiger partial charge in [-0.05, 0) is 99.3 Å². The number of ether oxygens (including phenoxy) is 2. The van der Waals surface area contributed by atoms with Gasteiger partial charge in [0.2, 0.25) is 5.95 Å². The van der Waals surface area contributed by atoms with Crippen LogP contribution in [0.2, 0.25) is 0 Å². The van der Waals surface area contributed by atoms with Gasteiger partial charge in [0.1, 0.15) is 23.2 Å². The highest BCUT2D eigenvalue weighted by Gasteiger charge is 2.30. The maximum Gasteiger partial charge on any atom is 0.422 e. The number of rotatable bonds is 10. The molecule has 0 radical (unpaired) electrons. The number of pyridine rings is 1. The minimum atomic E-state index is -4.60. The van der Waals surface area contributed by atoms with Crippen LogP contribution in [0.1, 0.15) is 55.6 Å². The van der Waals surface area contributed by atoms with Crippen LogP contribution in [0.5, 0.6) is 5.75 Å².